The molecule has 1 amide bonds. The SMILES string of the molecule is Cc1cc(C)c([C@H](C)NC(=O)[C@@H]2CN(S(=O)(=O)c3ccc(Cl)cc3)c3ccccc3O2)cc1C. The van der Waals surface area contributed by atoms with E-state index < -0.39 is 16.1 Å². The van der Waals surface area contributed by atoms with E-state index in [1.807, 2.05) is 20.8 Å². The van der Waals surface area contributed by atoms with Gasteiger partial charge in [0, 0.05) is 5.02 Å². The van der Waals surface area contributed by atoms with Gasteiger partial charge in [0.25, 0.3) is 15.9 Å². The van der Waals surface area contributed by atoms with E-state index in [1.165, 1.54) is 34.1 Å². The van der Waals surface area contributed by atoms with Gasteiger partial charge in [0.1, 0.15) is 5.75 Å². The molecule has 0 unspecified atom stereocenters. The fourth-order valence-electron chi connectivity index (χ4n) is 4.13. The topological polar surface area (TPSA) is 75.7 Å². The summed E-state index contributed by atoms with van der Waals surface area (Å²) in [7, 11) is -3.94. The van der Waals surface area contributed by atoms with Gasteiger partial charge in [-0.1, -0.05) is 35.9 Å². The van der Waals surface area contributed by atoms with Gasteiger partial charge in [-0.2, -0.15) is 0 Å². The molecule has 0 fully saturated rings. The molecular formula is C26H27ClN2O4S. The maximum absolute atomic E-state index is 13.5. The van der Waals surface area contributed by atoms with Crippen LogP contribution in [0.15, 0.2) is 65.6 Å². The number of carbonyl (C=O) groups excluding carboxylic acids is 1. The zero-order valence-electron chi connectivity index (χ0n) is 19.5. The van der Waals surface area contributed by atoms with E-state index in [0.717, 1.165) is 16.7 Å². The Labute approximate surface area is 205 Å². The van der Waals surface area contributed by atoms with Crippen LogP contribution in [0.5, 0.6) is 5.75 Å². The van der Waals surface area contributed by atoms with Gasteiger partial charge in [-0.25, -0.2) is 8.42 Å². The number of aryl methyl sites for hydroxylation is 3. The summed E-state index contributed by atoms with van der Waals surface area (Å²) in [5.74, 6) is -0.0441. The summed E-state index contributed by atoms with van der Waals surface area (Å²) in [5, 5.41) is 3.44. The first kappa shape index (κ1) is 24.1. The Morgan fingerprint density at radius 2 is 1.68 bits per heavy atom. The Bertz CT molecular complexity index is 1340. The molecule has 178 valence electrons. The molecule has 0 bridgehead atoms. The summed E-state index contributed by atoms with van der Waals surface area (Å²) in [6.07, 6.45) is -1.01. The van der Waals surface area contributed by atoms with E-state index in [0.29, 0.717) is 16.5 Å². The minimum absolute atomic E-state index is 0.0897. The molecule has 1 aliphatic heterocycles. The fraction of sp³-hybridized carbons (Fsp3) is 0.269. The third kappa shape index (κ3) is 4.63. The number of nitrogens with one attached hydrogen (secondary N) is 1. The molecule has 1 heterocycles. The first-order valence-corrected chi connectivity index (χ1v) is 12.8. The molecule has 0 saturated heterocycles. The number of carbonyl (C=O) groups is 1. The van der Waals surface area contributed by atoms with Gasteiger partial charge in [0.15, 0.2) is 6.10 Å². The molecular weight excluding hydrogens is 472 g/mol. The van der Waals surface area contributed by atoms with E-state index in [-0.39, 0.29) is 23.4 Å². The summed E-state index contributed by atoms with van der Waals surface area (Å²) < 4.78 is 34.1. The smallest absolute Gasteiger partial charge is 0.264 e. The van der Waals surface area contributed by atoms with Crippen molar-refractivity contribution in [3.63, 3.8) is 0 Å². The fourth-order valence-corrected chi connectivity index (χ4v) is 5.74. The van der Waals surface area contributed by atoms with Gasteiger partial charge in [0.2, 0.25) is 0 Å². The number of fused-ring (bicyclic) bond motifs is 1. The molecule has 8 heteroatoms. The summed E-state index contributed by atoms with van der Waals surface area (Å²) >= 11 is 5.94. The van der Waals surface area contributed by atoms with E-state index in [4.69, 9.17) is 16.3 Å². The predicted octanol–water partition coefficient (Wildman–Crippen LogP) is 5.10. The Hall–Kier alpha value is -3.03. The van der Waals surface area contributed by atoms with Crippen LogP contribution in [-0.4, -0.2) is 27.0 Å². The highest BCUT2D eigenvalue weighted by Gasteiger charge is 2.37. The maximum Gasteiger partial charge on any atom is 0.264 e. The Morgan fingerprint density at radius 3 is 2.38 bits per heavy atom. The second-order valence-corrected chi connectivity index (χ2v) is 10.9. The largest absolute Gasteiger partial charge is 0.476 e. The van der Waals surface area contributed by atoms with Crippen LogP contribution in [0.25, 0.3) is 0 Å². The Balaban J connectivity index is 1.62. The van der Waals surface area contributed by atoms with Crippen molar-refractivity contribution in [1.29, 1.82) is 0 Å². The predicted molar refractivity (Wildman–Crippen MR) is 134 cm³/mol. The first-order chi connectivity index (χ1) is 16.1. The molecule has 0 aromatic heterocycles. The van der Waals surface area contributed by atoms with Crippen molar-refractivity contribution in [3.05, 3.63) is 87.9 Å². The van der Waals surface area contributed by atoms with Crippen LogP contribution in [0.1, 0.15) is 35.2 Å². The number of halogens is 1. The number of anilines is 1. The standard InChI is InChI=1S/C26H27ClN2O4S/c1-16-13-18(3)22(14-17(16)2)19(4)28-26(30)25-15-29(23-7-5-6-8-24(23)33-25)34(31,32)21-11-9-20(27)10-12-21/h5-14,19,25H,15H2,1-4H3,(H,28,30)/t19-,25-/m0/s1. The number of amides is 1. The van der Waals surface area contributed by atoms with Gasteiger partial charge < -0.3 is 10.1 Å². The van der Waals surface area contributed by atoms with E-state index in [9.17, 15) is 13.2 Å². The van der Waals surface area contributed by atoms with E-state index in [2.05, 4.69) is 24.4 Å². The zero-order valence-corrected chi connectivity index (χ0v) is 21.1. The van der Waals surface area contributed by atoms with Gasteiger partial charge in [-0.05, 0) is 86.3 Å². The second-order valence-electron chi connectivity index (χ2n) is 8.59. The van der Waals surface area contributed by atoms with Crippen LogP contribution >= 0.6 is 11.6 Å². The van der Waals surface area contributed by atoms with Crippen LogP contribution in [0, 0.1) is 20.8 Å². The number of benzene rings is 3. The minimum Gasteiger partial charge on any atom is -0.476 e. The van der Waals surface area contributed by atoms with Gasteiger partial charge >= 0.3 is 0 Å². The summed E-state index contributed by atoms with van der Waals surface area (Å²) in [6, 6.07) is 16.7. The number of rotatable bonds is 5. The molecule has 6 nitrogen and oxygen atoms in total. The highest BCUT2D eigenvalue weighted by Crippen LogP contribution is 2.37. The van der Waals surface area contributed by atoms with Crippen molar-refractivity contribution >= 4 is 33.2 Å². The quantitative estimate of drug-likeness (QED) is 0.531. The molecule has 0 spiro atoms. The Morgan fingerprint density at radius 1 is 1.03 bits per heavy atom. The van der Waals surface area contributed by atoms with Crippen LogP contribution in [-0.2, 0) is 14.8 Å². The van der Waals surface area contributed by atoms with Gasteiger partial charge in [-0.3, -0.25) is 9.10 Å². The van der Waals surface area contributed by atoms with E-state index >= 15 is 0 Å². The summed E-state index contributed by atoms with van der Waals surface area (Å²) in [5.41, 5.74) is 4.82. The lowest BCUT2D eigenvalue weighted by Gasteiger charge is -2.35. The number of hydrogen-bond donors (Lipinski definition) is 1. The van der Waals surface area contributed by atoms with Crippen molar-refractivity contribution in [2.45, 2.75) is 44.7 Å². The molecule has 0 radical (unpaired) electrons. The van der Waals surface area contributed by atoms with E-state index in [1.54, 1.807) is 24.3 Å². The van der Waals surface area contributed by atoms with Crippen molar-refractivity contribution < 1.29 is 17.9 Å². The van der Waals surface area contributed by atoms with Crippen molar-refractivity contribution in [2.75, 3.05) is 10.8 Å². The molecule has 3 aromatic rings. The molecule has 0 aliphatic carbocycles. The summed E-state index contributed by atoms with van der Waals surface area (Å²) in [6.45, 7) is 7.87. The number of ether oxygens (including phenoxy) is 1. The van der Waals surface area contributed by atoms with Crippen LogP contribution in [0.4, 0.5) is 5.69 Å². The molecule has 2 atom stereocenters. The monoisotopic (exact) mass is 498 g/mol. The molecule has 34 heavy (non-hydrogen) atoms. The normalized spacial score (nSPS) is 16.4. The molecule has 1 aliphatic rings. The zero-order chi connectivity index (χ0) is 24.6. The molecule has 0 saturated carbocycles. The molecule has 4 rings (SSSR count). The lowest BCUT2D eigenvalue weighted by atomic mass is 9.96. The maximum atomic E-state index is 13.5. The number of nitrogens with zero attached hydrogens (tertiary/aromatic N) is 1. The minimum atomic E-state index is -3.94. The van der Waals surface area contributed by atoms with Crippen LogP contribution < -0.4 is 14.4 Å². The number of para-hydroxylation sites is 2. The van der Waals surface area contributed by atoms with Crippen molar-refractivity contribution in [3.8, 4) is 5.75 Å². The highest BCUT2D eigenvalue weighted by molar-refractivity contribution is 7.92. The lowest BCUT2D eigenvalue weighted by molar-refractivity contribution is -0.128. The van der Waals surface area contributed by atoms with Crippen LogP contribution in [0.2, 0.25) is 5.02 Å². The van der Waals surface area contributed by atoms with Crippen molar-refractivity contribution in [1.82, 2.24) is 5.32 Å². The van der Waals surface area contributed by atoms with Gasteiger partial charge in [0.05, 0.1) is 23.2 Å². The van der Waals surface area contributed by atoms with Crippen LogP contribution in [0.3, 0.4) is 0 Å². The highest BCUT2D eigenvalue weighted by atomic mass is 35.5. The average molecular weight is 499 g/mol. The third-order valence-corrected chi connectivity index (χ3v) is 8.18. The van der Waals surface area contributed by atoms with Crippen molar-refractivity contribution in [2.24, 2.45) is 0 Å². The Kier molecular flexibility index (Phi) is 6.60. The first-order valence-electron chi connectivity index (χ1n) is 11.0. The lowest BCUT2D eigenvalue weighted by Crippen LogP contribution is -2.51. The molecule has 3 aromatic carbocycles. The second kappa shape index (κ2) is 9.31. The number of hydrogen-bond acceptors (Lipinski definition) is 4. The number of sulfonamides is 1. The van der Waals surface area contributed by atoms with Gasteiger partial charge in [-0.15, -0.1) is 0 Å². The third-order valence-electron chi connectivity index (χ3n) is 6.14. The molecule has 1 N–H and O–H groups in total. The summed E-state index contributed by atoms with van der Waals surface area (Å²) in [4.78, 5) is 13.3. The average Bonchev–Trinajstić information content (AvgIpc) is 2.80.